The van der Waals surface area contributed by atoms with Gasteiger partial charge in [0, 0.05) is 42.1 Å². The number of likely N-dealkylation sites (N-methyl/N-ethyl adjacent to an activating group) is 1. The number of methoxy groups -OCH3 is 1. The fourth-order valence-corrected chi connectivity index (χ4v) is 8.19. The van der Waals surface area contributed by atoms with Gasteiger partial charge < -0.3 is 19.5 Å². The first kappa shape index (κ1) is 15.9. The number of hydrogen-bond acceptors (Lipinski definition) is 4. The van der Waals surface area contributed by atoms with Gasteiger partial charge in [0.25, 0.3) is 0 Å². The van der Waals surface area contributed by atoms with Crippen LogP contribution >= 0.6 is 0 Å². The molecule has 4 aliphatic carbocycles. The quantitative estimate of drug-likeness (QED) is 0.885. The summed E-state index contributed by atoms with van der Waals surface area (Å²) in [5.74, 6) is 1.31. The van der Waals surface area contributed by atoms with Gasteiger partial charge in [-0.25, -0.2) is 0 Å². The molecular formula is C22H29NO3. The lowest BCUT2D eigenvalue weighted by atomic mass is 9.35. The van der Waals surface area contributed by atoms with Crippen molar-refractivity contribution in [3.63, 3.8) is 0 Å². The lowest BCUT2D eigenvalue weighted by Crippen LogP contribution is -2.81. The fourth-order valence-electron chi connectivity index (χ4n) is 8.19. The third kappa shape index (κ3) is 1.36. The predicted octanol–water partition coefficient (Wildman–Crippen LogP) is 2.43. The minimum absolute atomic E-state index is 0.0472. The van der Waals surface area contributed by atoms with Crippen molar-refractivity contribution >= 4 is 0 Å². The average molecular weight is 355 g/mol. The molecule has 1 aromatic carbocycles. The molecule has 0 radical (unpaired) electrons. The number of nitrogens with zero attached hydrogens (tertiary/aromatic N) is 1. The molecule has 2 aliphatic heterocycles. The molecule has 7 rings (SSSR count). The normalized spacial score (nSPS) is 47.6. The zero-order valence-electron chi connectivity index (χ0n) is 16.0. The third-order valence-corrected chi connectivity index (χ3v) is 9.21. The Bertz CT molecular complexity index is 809. The second kappa shape index (κ2) is 4.65. The molecule has 2 spiro atoms. The largest absolute Gasteiger partial charge is 0.486 e. The molecule has 2 heterocycles. The summed E-state index contributed by atoms with van der Waals surface area (Å²) >= 11 is 0. The summed E-state index contributed by atoms with van der Waals surface area (Å²) in [6, 6.07) is 5.14. The van der Waals surface area contributed by atoms with Gasteiger partial charge in [0.2, 0.25) is 0 Å². The summed E-state index contributed by atoms with van der Waals surface area (Å²) in [6.45, 7) is 3.51. The summed E-state index contributed by atoms with van der Waals surface area (Å²) < 4.78 is 13.1. The Labute approximate surface area is 155 Å². The molecule has 0 amide bonds. The first-order valence-corrected chi connectivity index (χ1v) is 10.2. The molecule has 0 unspecified atom stereocenters. The molecule has 1 saturated heterocycles. The summed E-state index contributed by atoms with van der Waals surface area (Å²) in [5, 5.41) is 10.3. The number of aryl methyl sites for hydroxylation is 1. The van der Waals surface area contributed by atoms with Gasteiger partial charge in [0.1, 0.15) is 17.5 Å². The van der Waals surface area contributed by atoms with E-state index in [2.05, 4.69) is 31.0 Å². The Morgan fingerprint density at radius 2 is 2.15 bits per heavy atom. The van der Waals surface area contributed by atoms with Gasteiger partial charge >= 0.3 is 0 Å². The summed E-state index contributed by atoms with van der Waals surface area (Å²) in [7, 11) is 4.14. The van der Waals surface area contributed by atoms with E-state index in [-0.39, 0.29) is 35.1 Å². The van der Waals surface area contributed by atoms with Gasteiger partial charge in [-0.3, -0.25) is 0 Å². The van der Waals surface area contributed by atoms with E-state index < -0.39 is 0 Å². The number of likely N-dealkylation sites (tertiary alicyclic amines) is 1. The molecule has 4 fully saturated rings. The van der Waals surface area contributed by atoms with Crippen LogP contribution < -0.4 is 4.74 Å². The molecule has 0 aromatic heterocycles. The van der Waals surface area contributed by atoms with E-state index in [1.807, 2.05) is 7.11 Å². The van der Waals surface area contributed by atoms with Crippen molar-refractivity contribution in [3.05, 3.63) is 28.8 Å². The van der Waals surface area contributed by atoms with Gasteiger partial charge in [-0.05, 0) is 63.7 Å². The topological polar surface area (TPSA) is 41.9 Å². The van der Waals surface area contributed by atoms with Crippen LogP contribution in [0.25, 0.3) is 0 Å². The minimum atomic E-state index is -0.350. The molecule has 1 N–H and O–H groups in total. The molecule has 6 atom stereocenters. The third-order valence-electron chi connectivity index (χ3n) is 9.21. The van der Waals surface area contributed by atoms with Crippen molar-refractivity contribution in [1.82, 2.24) is 4.90 Å². The van der Waals surface area contributed by atoms with Crippen molar-refractivity contribution in [2.24, 2.45) is 11.3 Å². The molecule has 4 heteroatoms. The number of hydrogen-bond donors (Lipinski definition) is 1. The Kier molecular flexibility index (Phi) is 2.85. The van der Waals surface area contributed by atoms with E-state index in [1.54, 1.807) is 0 Å². The van der Waals surface area contributed by atoms with Crippen LogP contribution in [-0.4, -0.2) is 55.1 Å². The van der Waals surface area contributed by atoms with Crippen LogP contribution in [0.1, 0.15) is 42.4 Å². The van der Waals surface area contributed by atoms with E-state index in [9.17, 15) is 5.11 Å². The first-order valence-electron chi connectivity index (χ1n) is 10.2. The Morgan fingerprint density at radius 1 is 1.31 bits per heavy atom. The molecule has 3 saturated carbocycles. The maximum atomic E-state index is 10.3. The van der Waals surface area contributed by atoms with Crippen LogP contribution in [0.3, 0.4) is 0 Å². The lowest BCUT2D eigenvalue weighted by molar-refractivity contribution is -0.279. The van der Waals surface area contributed by atoms with Crippen LogP contribution in [0.2, 0.25) is 0 Å². The van der Waals surface area contributed by atoms with Crippen molar-refractivity contribution in [2.45, 2.75) is 62.2 Å². The van der Waals surface area contributed by atoms with Crippen molar-refractivity contribution in [2.75, 3.05) is 27.3 Å². The number of piperidine rings is 1. The van der Waals surface area contributed by atoms with Crippen molar-refractivity contribution in [1.29, 1.82) is 0 Å². The molecule has 4 bridgehead atoms. The number of aliphatic hydroxyl groups is 1. The van der Waals surface area contributed by atoms with E-state index >= 15 is 0 Å². The van der Waals surface area contributed by atoms with E-state index in [0.717, 1.165) is 38.0 Å². The summed E-state index contributed by atoms with van der Waals surface area (Å²) in [5.41, 5.74) is 4.20. The molecular weight excluding hydrogens is 326 g/mol. The average Bonchev–Trinajstić information content (AvgIpc) is 3.03. The van der Waals surface area contributed by atoms with Crippen LogP contribution in [0.15, 0.2) is 12.1 Å². The van der Waals surface area contributed by atoms with E-state index in [1.165, 1.54) is 23.1 Å². The van der Waals surface area contributed by atoms with E-state index in [0.29, 0.717) is 6.04 Å². The second-order valence-corrected chi connectivity index (χ2v) is 9.56. The summed E-state index contributed by atoms with van der Waals surface area (Å²) in [6.07, 6.45) is 5.59. The van der Waals surface area contributed by atoms with Gasteiger partial charge in [0.05, 0.1) is 0 Å². The highest BCUT2D eigenvalue weighted by Crippen LogP contribution is 2.75. The first-order chi connectivity index (χ1) is 12.5. The molecule has 1 aromatic rings. The second-order valence-electron chi connectivity index (χ2n) is 9.56. The molecule has 4 nitrogen and oxygen atoms in total. The van der Waals surface area contributed by atoms with Gasteiger partial charge in [-0.1, -0.05) is 12.1 Å². The number of aliphatic hydroxyl groups excluding tert-OH is 1. The Morgan fingerprint density at radius 3 is 2.92 bits per heavy atom. The number of ether oxygens (including phenoxy) is 2. The van der Waals surface area contributed by atoms with Crippen LogP contribution in [-0.2, 0) is 16.6 Å². The highest BCUT2D eigenvalue weighted by atomic mass is 16.6. The number of rotatable bonds is 2. The lowest BCUT2D eigenvalue weighted by Gasteiger charge is -2.73. The van der Waals surface area contributed by atoms with Crippen LogP contribution in [0.4, 0.5) is 0 Å². The Balaban J connectivity index is 1.70. The Hall–Kier alpha value is -1.10. The zero-order chi connectivity index (χ0) is 17.9. The highest BCUT2D eigenvalue weighted by molar-refractivity contribution is 5.61. The number of fused-ring (bicyclic) bond motifs is 2. The molecule has 140 valence electrons. The van der Waals surface area contributed by atoms with Crippen LogP contribution in [0.5, 0.6) is 5.75 Å². The standard InChI is InChI=1S/C22H29NO3/c1-13-4-5-14-10-16-20-6-7-22(25-3,15(11-20)12-24)19-21(20,8-9-23(16)2)17(14)18(13)26-19/h4-5,15-16,19,24H,6-12H2,1-3H3/t15-,16-,19-,20-,21+,22-/m1/s1. The predicted molar refractivity (Wildman–Crippen MR) is 98.6 cm³/mol. The van der Waals surface area contributed by atoms with Gasteiger partial charge in [-0.15, -0.1) is 0 Å². The maximum Gasteiger partial charge on any atom is 0.138 e. The fraction of sp³-hybridized carbons (Fsp3) is 0.727. The van der Waals surface area contributed by atoms with Gasteiger partial charge in [-0.2, -0.15) is 0 Å². The van der Waals surface area contributed by atoms with Crippen LogP contribution in [0, 0.1) is 18.3 Å². The minimum Gasteiger partial charge on any atom is -0.486 e. The van der Waals surface area contributed by atoms with Crippen molar-refractivity contribution < 1.29 is 14.6 Å². The molecule has 6 aliphatic rings. The van der Waals surface area contributed by atoms with Gasteiger partial charge in [0.15, 0.2) is 0 Å². The van der Waals surface area contributed by atoms with E-state index in [4.69, 9.17) is 9.47 Å². The number of benzene rings is 1. The van der Waals surface area contributed by atoms with Crippen molar-refractivity contribution in [3.8, 4) is 5.75 Å². The monoisotopic (exact) mass is 355 g/mol. The highest BCUT2D eigenvalue weighted by Gasteiger charge is 2.80. The summed E-state index contributed by atoms with van der Waals surface area (Å²) in [4.78, 5) is 2.60. The molecule has 26 heavy (non-hydrogen) atoms. The maximum absolute atomic E-state index is 10.3. The smallest absolute Gasteiger partial charge is 0.138 e. The zero-order valence-corrected chi connectivity index (χ0v) is 16.0. The SMILES string of the molecule is CO[C@]12CC[C@@]3(C[C@@H]1CO)[C@H]1Cc4ccc(C)c5c4[C@@]3(CCN1C)[C@H]2O5.